The summed E-state index contributed by atoms with van der Waals surface area (Å²) < 4.78 is 5.31. The Morgan fingerprint density at radius 1 is 1.00 bits per heavy atom. The molecule has 5 rings (SSSR count). The smallest absolute Gasteiger partial charge is 0.341 e. The number of amides is 2. The Morgan fingerprint density at radius 3 is 2.64 bits per heavy atom. The second-order valence-electron chi connectivity index (χ2n) is 9.66. The fourth-order valence-electron chi connectivity index (χ4n) is 4.77. The Hall–Kier alpha value is -3.62. The fourth-order valence-corrected chi connectivity index (χ4v) is 6.94. The normalized spacial score (nSPS) is 14.5. The minimum absolute atomic E-state index is 0.170. The van der Waals surface area contributed by atoms with E-state index in [0.717, 1.165) is 45.4 Å². The molecular formula is C31H30N2O4S2. The molecule has 2 N–H and O–H groups in total. The van der Waals surface area contributed by atoms with Crippen LogP contribution in [-0.2, 0) is 22.4 Å². The summed E-state index contributed by atoms with van der Waals surface area (Å²) in [4.78, 5) is 40.5. The number of esters is 1. The van der Waals surface area contributed by atoms with E-state index in [1.165, 1.54) is 23.1 Å². The van der Waals surface area contributed by atoms with E-state index in [1.807, 2.05) is 66.7 Å². The Bertz CT molecular complexity index is 1540. The lowest BCUT2D eigenvalue weighted by atomic mass is 9.88. The molecule has 8 heteroatoms. The molecule has 0 fully saturated rings. The van der Waals surface area contributed by atoms with Gasteiger partial charge in [0.25, 0.3) is 5.91 Å². The van der Waals surface area contributed by atoms with Gasteiger partial charge in [0.05, 0.1) is 17.9 Å². The Morgan fingerprint density at radius 2 is 1.82 bits per heavy atom. The number of ether oxygens (including phenoxy) is 1. The van der Waals surface area contributed by atoms with Crippen LogP contribution in [0.25, 0.3) is 10.8 Å². The molecule has 0 saturated heterocycles. The van der Waals surface area contributed by atoms with Crippen molar-refractivity contribution in [2.24, 2.45) is 5.92 Å². The van der Waals surface area contributed by atoms with Crippen LogP contribution in [0.2, 0.25) is 0 Å². The van der Waals surface area contributed by atoms with Crippen LogP contribution < -0.4 is 10.6 Å². The molecule has 0 aliphatic heterocycles. The van der Waals surface area contributed by atoms with Crippen LogP contribution >= 0.6 is 23.1 Å². The van der Waals surface area contributed by atoms with Crippen LogP contribution in [0.5, 0.6) is 0 Å². The maximum absolute atomic E-state index is 12.9. The lowest BCUT2D eigenvalue weighted by molar-refractivity contribution is -0.113. The summed E-state index contributed by atoms with van der Waals surface area (Å²) >= 11 is 2.86. The summed E-state index contributed by atoms with van der Waals surface area (Å²) in [6, 6.07) is 21.0. The van der Waals surface area contributed by atoms with Crippen LogP contribution in [-0.4, -0.2) is 30.1 Å². The van der Waals surface area contributed by atoms with E-state index in [9.17, 15) is 14.4 Å². The number of carbonyl (C=O) groups excluding carboxylic acids is 3. The molecule has 1 aromatic heterocycles. The first-order valence-corrected chi connectivity index (χ1v) is 14.9. The molecular weight excluding hydrogens is 528 g/mol. The monoisotopic (exact) mass is 558 g/mol. The topological polar surface area (TPSA) is 84.5 Å². The molecule has 4 aromatic rings. The van der Waals surface area contributed by atoms with Crippen molar-refractivity contribution < 1.29 is 19.1 Å². The molecule has 2 amide bonds. The molecule has 1 unspecified atom stereocenters. The maximum atomic E-state index is 12.9. The van der Waals surface area contributed by atoms with E-state index in [4.69, 9.17) is 4.74 Å². The van der Waals surface area contributed by atoms with Gasteiger partial charge in [0, 0.05) is 21.0 Å². The van der Waals surface area contributed by atoms with Crippen LogP contribution in [0.15, 0.2) is 71.6 Å². The summed E-state index contributed by atoms with van der Waals surface area (Å²) in [6.07, 6.45) is 2.76. The van der Waals surface area contributed by atoms with Gasteiger partial charge < -0.3 is 15.4 Å². The largest absolute Gasteiger partial charge is 0.462 e. The molecule has 1 aliphatic carbocycles. The number of hydrogen-bond donors (Lipinski definition) is 2. The van der Waals surface area contributed by atoms with E-state index in [-0.39, 0.29) is 30.1 Å². The van der Waals surface area contributed by atoms with Gasteiger partial charge in [0.15, 0.2) is 0 Å². The van der Waals surface area contributed by atoms with Gasteiger partial charge in [0.1, 0.15) is 5.00 Å². The van der Waals surface area contributed by atoms with E-state index in [1.54, 1.807) is 6.92 Å². The van der Waals surface area contributed by atoms with Crippen LogP contribution in [0.1, 0.15) is 51.4 Å². The zero-order valence-electron chi connectivity index (χ0n) is 21.9. The first-order chi connectivity index (χ1) is 18.9. The second kappa shape index (κ2) is 12.1. The third-order valence-electron chi connectivity index (χ3n) is 6.72. The number of carbonyl (C=O) groups is 3. The third kappa shape index (κ3) is 6.34. The number of thioether (sulfide) groups is 1. The lowest BCUT2D eigenvalue weighted by Gasteiger charge is -2.18. The van der Waals surface area contributed by atoms with Crippen LogP contribution in [0, 0.1) is 5.92 Å². The molecule has 0 radical (unpaired) electrons. The van der Waals surface area contributed by atoms with Gasteiger partial charge in [-0.25, -0.2) is 4.79 Å². The fraction of sp³-hybridized carbons (Fsp3) is 0.258. The number of thiophene rings is 1. The summed E-state index contributed by atoms with van der Waals surface area (Å²) in [5, 5.41) is 8.58. The molecule has 1 aliphatic rings. The van der Waals surface area contributed by atoms with Crippen molar-refractivity contribution in [2.45, 2.75) is 38.0 Å². The van der Waals surface area contributed by atoms with Gasteiger partial charge in [-0.15, -0.1) is 23.1 Å². The minimum Gasteiger partial charge on any atom is -0.462 e. The number of nitrogens with one attached hydrogen (secondary N) is 2. The van der Waals surface area contributed by atoms with Gasteiger partial charge in [-0.1, -0.05) is 43.3 Å². The molecule has 1 heterocycles. The number of fused-ring (bicyclic) bond motifs is 2. The van der Waals surface area contributed by atoms with Gasteiger partial charge >= 0.3 is 5.97 Å². The highest BCUT2D eigenvalue weighted by Crippen LogP contribution is 2.40. The van der Waals surface area contributed by atoms with Crippen molar-refractivity contribution in [3.8, 4) is 0 Å². The van der Waals surface area contributed by atoms with Crippen molar-refractivity contribution in [1.29, 1.82) is 0 Å². The highest BCUT2D eigenvalue weighted by Gasteiger charge is 2.29. The molecule has 3 aromatic carbocycles. The van der Waals surface area contributed by atoms with E-state index >= 15 is 0 Å². The van der Waals surface area contributed by atoms with Gasteiger partial charge in [-0.2, -0.15) is 0 Å². The van der Waals surface area contributed by atoms with E-state index < -0.39 is 0 Å². The van der Waals surface area contributed by atoms with E-state index in [0.29, 0.717) is 27.7 Å². The predicted octanol–water partition coefficient (Wildman–Crippen LogP) is 7.19. The van der Waals surface area contributed by atoms with Crippen molar-refractivity contribution in [1.82, 2.24) is 0 Å². The molecule has 0 spiro atoms. The zero-order chi connectivity index (χ0) is 27.4. The first-order valence-electron chi connectivity index (χ1n) is 13.1. The Labute approximate surface area is 236 Å². The van der Waals surface area contributed by atoms with E-state index in [2.05, 4.69) is 17.6 Å². The van der Waals surface area contributed by atoms with Crippen LogP contribution in [0.3, 0.4) is 0 Å². The summed E-state index contributed by atoms with van der Waals surface area (Å²) in [5.74, 6) is -0.0314. The highest BCUT2D eigenvalue weighted by molar-refractivity contribution is 8.00. The molecule has 0 bridgehead atoms. The van der Waals surface area contributed by atoms with Crippen molar-refractivity contribution in [3.63, 3.8) is 0 Å². The number of anilines is 2. The van der Waals surface area contributed by atoms with Crippen LogP contribution in [0.4, 0.5) is 10.7 Å². The summed E-state index contributed by atoms with van der Waals surface area (Å²) in [7, 11) is 0. The third-order valence-corrected chi connectivity index (χ3v) is 8.88. The SMILES string of the molecule is CCOC(=O)c1c(NC(=O)CSc2cccc(NC(=O)c3ccc4ccccc4c3)c2)sc2c1CCC(C)C2. The second-order valence-corrected chi connectivity index (χ2v) is 11.8. The van der Waals surface area contributed by atoms with Crippen molar-refractivity contribution in [3.05, 3.63) is 88.3 Å². The summed E-state index contributed by atoms with van der Waals surface area (Å²) in [6.45, 7) is 4.28. The molecule has 6 nitrogen and oxygen atoms in total. The quantitative estimate of drug-likeness (QED) is 0.177. The summed E-state index contributed by atoms with van der Waals surface area (Å²) in [5.41, 5.74) is 2.77. The standard InChI is InChI=1S/C31H30N2O4S2/c1-3-37-31(36)28-25-14-11-19(2)15-26(25)39-30(28)33-27(34)18-38-24-10-6-9-23(17-24)32-29(35)22-13-12-20-7-4-5-8-21(20)16-22/h4-10,12-13,16-17,19H,3,11,14-15,18H2,1-2H3,(H,32,35)(H,33,34). The van der Waals surface area contributed by atoms with Gasteiger partial charge in [-0.05, 0) is 78.8 Å². The molecule has 1 atom stereocenters. The average Bonchev–Trinajstić information content (AvgIpc) is 3.28. The Balaban J connectivity index is 1.23. The minimum atomic E-state index is -0.373. The predicted molar refractivity (Wildman–Crippen MR) is 159 cm³/mol. The number of benzene rings is 3. The molecule has 39 heavy (non-hydrogen) atoms. The number of hydrogen-bond acceptors (Lipinski definition) is 6. The number of rotatable bonds is 8. The molecule has 0 saturated carbocycles. The first kappa shape index (κ1) is 27.0. The van der Waals surface area contributed by atoms with Crippen molar-refractivity contribution in [2.75, 3.05) is 23.0 Å². The van der Waals surface area contributed by atoms with Crippen molar-refractivity contribution >= 4 is 62.3 Å². The lowest BCUT2D eigenvalue weighted by Crippen LogP contribution is -2.17. The zero-order valence-corrected chi connectivity index (χ0v) is 23.5. The highest BCUT2D eigenvalue weighted by atomic mass is 32.2. The molecule has 200 valence electrons. The van der Waals surface area contributed by atoms with Gasteiger partial charge in [-0.3, -0.25) is 9.59 Å². The average molecular weight is 559 g/mol. The van der Waals surface area contributed by atoms with Gasteiger partial charge in [0.2, 0.25) is 5.91 Å². The maximum Gasteiger partial charge on any atom is 0.341 e. The Kier molecular flexibility index (Phi) is 8.33.